The van der Waals surface area contributed by atoms with E-state index in [-0.39, 0.29) is 5.97 Å². The number of esters is 1. The summed E-state index contributed by atoms with van der Waals surface area (Å²) in [5.41, 5.74) is 1.48. The van der Waals surface area contributed by atoms with Gasteiger partial charge in [-0.1, -0.05) is 0 Å². The van der Waals surface area contributed by atoms with Crippen molar-refractivity contribution in [1.82, 2.24) is 4.90 Å². The third-order valence-electron chi connectivity index (χ3n) is 2.54. The van der Waals surface area contributed by atoms with Crippen LogP contribution in [-0.2, 0) is 14.3 Å². The predicted molar refractivity (Wildman–Crippen MR) is 56.0 cm³/mol. The summed E-state index contributed by atoms with van der Waals surface area (Å²) in [4.78, 5) is 23.8. The molecule has 0 bridgehead atoms. The highest BCUT2D eigenvalue weighted by atomic mass is 16.5. The Balaban J connectivity index is 2.89. The molecule has 0 aromatic heterocycles. The number of hydrogen-bond acceptors (Lipinski definition) is 3. The zero-order valence-corrected chi connectivity index (χ0v) is 9.28. The van der Waals surface area contributed by atoms with Crippen LogP contribution < -0.4 is 0 Å². The van der Waals surface area contributed by atoms with Crippen molar-refractivity contribution in [2.45, 2.75) is 32.6 Å². The van der Waals surface area contributed by atoms with Crippen LogP contribution in [0.1, 0.15) is 32.6 Å². The van der Waals surface area contributed by atoms with E-state index in [2.05, 4.69) is 0 Å². The van der Waals surface area contributed by atoms with E-state index in [4.69, 9.17) is 4.74 Å². The van der Waals surface area contributed by atoms with Gasteiger partial charge in [0.2, 0.25) is 6.41 Å². The van der Waals surface area contributed by atoms with E-state index >= 15 is 0 Å². The van der Waals surface area contributed by atoms with Crippen molar-refractivity contribution in [3.05, 3.63) is 11.3 Å². The minimum absolute atomic E-state index is 0.277. The molecular weight excluding hydrogens is 194 g/mol. The van der Waals surface area contributed by atoms with Crippen molar-refractivity contribution < 1.29 is 14.3 Å². The second-order valence-corrected chi connectivity index (χ2v) is 3.57. The maximum Gasteiger partial charge on any atom is 0.335 e. The average molecular weight is 211 g/mol. The molecule has 0 heterocycles. The maximum atomic E-state index is 11.6. The van der Waals surface area contributed by atoms with Crippen LogP contribution in [0.25, 0.3) is 0 Å². The van der Waals surface area contributed by atoms with E-state index in [9.17, 15) is 9.59 Å². The van der Waals surface area contributed by atoms with Gasteiger partial charge in [-0.05, 0) is 32.6 Å². The molecule has 1 amide bonds. The van der Waals surface area contributed by atoms with Crippen molar-refractivity contribution in [1.29, 1.82) is 0 Å². The molecule has 4 heteroatoms. The molecule has 0 radical (unpaired) electrons. The second kappa shape index (κ2) is 5.53. The minimum Gasteiger partial charge on any atom is -0.463 e. The molecule has 0 fully saturated rings. The Hall–Kier alpha value is -1.32. The number of ether oxygens (including phenoxy) is 1. The van der Waals surface area contributed by atoms with Crippen molar-refractivity contribution in [3.8, 4) is 0 Å². The summed E-state index contributed by atoms with van der Waals surface area (Å²) >= 11 is 0. The lowest BCUT2D eigenvalue weighted by Crippen LogP contribution is -2.23. The molecule has 0 saturated carbocycles. The van der Waals surface area contributed by atoms with Gasteiger partial charge in [-0.25, -0.2) is 4.79 Å². The predicted octanol–water partition coefficient (Wildman–Crippen LogP) is 1.47. The molecule has 1 aliphatic carbocycles. The van der Waals surface area contributed by atoms with Crippen LogP contribution in [0.4, 0.5) is 0 Å². The lowest BCUT2D eigenvalue weighted by molar-refractivity contribution is -0.139. The van der Waals surface area contributed by atoms with Crippen LogP contribution in [0.3, 0.4) is 0 Å². The zero-order chi connectivity index (χ0) is 11.3. The number of allylic oxidation sites excluding steroid dienone is 1. The molecule has 0 unspecified atom stereocenters. The summed E-state index contributed by atoms with van der Waals surface area (Å²) in [5, 5.41) is 0. The first-order valence-electron chi connectivity index (χ1n) is 5.28. The largest absolute Gasteiger partial charge is 0.463 e. The molecule has 1 aliphatic rings. The summed E-state index contributed by atoms with van der Waals surface area (Å²) in [6.45, 7) is 2.16. The number of rotatable bonds is 4. The first-order chi connectivity index (χ1) is 7.20. The molecule has 0 atom stereocenters. The molecule has 0 aliphatic heterocycles. The molecule has 15 heavy (non-hydrogen) atoms. The Morgan fingerprint density at radius 1 is 1.47 bits per heavy atom. The second-order valence-electron chi connectivity index (χ2n) is 3.57. The van der Waals surface area contributed by atoms with Gasteiger partial charge in [0, 0.05) is 12.7 Å². The molecule has 4 nitrogen and oxygen atoms in total. The van der Waals surface area contributed by atoms with Crippen molar-refractivity contribution >= 4 is 12.4 Å². The van der Waals surface area contributed by atoms with E-state index in [1.54, 1.807) is 14.0 Å². The molecule has 0 N–H and O–H groups in total. The molecule has 0 aromatic carbocycles. The third kappa shape index (κ3) is 2.81. The Kier molecular flexibility index (Phi) is 4.34. The monoisotopic (exact) mass is 211 g/mol. The first kappa shape index (κ1) is 11.8. The first-order valence-corrected chi connectivity index (χ1v) is 5.28. The third-order valence-corrected chi connectivity index (χ3v) is 2.54. The van der Waals surface area contributed by atoms with Crippen LogP contribution >= 0.6 is 0 Å². The van der Waals surface area contributed by atoms with E-state index < -0.39 is 0 Å². The molecule has 84 valence electrons. The summed E-state index contributed by atoms with van der Waals surface area (Å²) in [5.74, 6) is -0.277. The average Bonchev–Trinajstić information content (AvgIpc) is 2.28. The van der Waals surface area contributed by atoms with Gasteiger partial charge in [-0.15, -0.1) is 0 Å². The van der Waals surface area contributed by atoms with Gasteiger partial charge in [-0.2, -0.15) is 0 Å². The number of carbonyl (C=O) groups excluding carboxylic acids is 2. The van der Waals surface area contributed by atoms with Crippen LogP contribution in [0.2, 0.25) is 0 Å². The Labute approximate surface area is 89.9 Å². The normalized spacial score (nSPS) is 16.1. The van der Waals surface area contributed by atoms with Gasteiger partial charge < -0.3 is 9.64 Å². The SMILES string of the molecule is CCOC(=O)C1=C(N(C)C=O)CCCC1. The Morgan fingerprint density at radius 3 is 2.73 bits per heavy atom. The van der Waals surface area contributed by atoms with Gasteiger partial charge in [0.25, 0.3) is 0 Å². The fraction of sp³-hybridized carbons (Fsp3) is 0.636. The number of nitrogens with zero attached hydrogens (tertiary/aromatic N) is 1. The lowest BCUT2D eigenvalue weighted by atomic mass is 9.95. The quantitative estimate of drug-likeness (QED) is 0.522. The van der Waals surface area contributed by atoms with Crippen molar-refractivity contribution in [2.75, 3.05) is 13.7 Å². The van der Waals surface area contributed by atoms with Gasteiger partial charge >= 0.3 is 5.97 Å². The van der Waals surface area contributed by atoms with E-state index in [0.29, 0.717) is 18.6 Å². The van der Waals surface area contributed by atoms with Gasteiger partial charge in [0.15, 0.2) is 0 Å². The molecule has 0 spiro atoms. The van der Waals surface area contributed by atoms with E-state index in [1.807, 2.05) is 0 Å². The highest BCUT2D eigenvalue weighted by molar-refractivity contribution is 5.89. The van der Waals surface area contributed by atoms with Gasteiger partial charge in [0.1, 0.15) is 0 Å². The molecule has 1 rings (SSSR count). The van der Waals surface area contributed by atoms with Crippen LogP contribution in [0.15, 0.2) is 11.3 Å². The highest BCUT2D eigenvalue weighted by Gasteiger charge is 2.22. The van der Waals surface area contributed by atoms with Crippen molar-refractivity contribution in [3.63, 3.8) is 0 Å². The van der Waals surface area contributed by atoms with Crippen LogP contribution in [-0.4, -0.2) is 30.9 Å². The molecular formula is C11H17NO3. The maximum absolute atomic E-state index is 11.6. The van der Waals surface area contributed by atoms with Gasteiger partial charge in [0.05, 0.1) is 12.2 Å². The fourth-order valence-corrected chi connectivity index (χ4v) is 1.78. The smallest absolute Gasteiger partial charge is 0.335 e. The van der Waals surface area contributed by atoms with E-state index in [1.165, 1.54) is 4.90 Å². The summed E-state index contributed by atoms with van der Waals surface area (Å²) in [6.07, 6.45) is 4.25. The number of carbonyl (C=O) groups is 2. The highest BCUT2D eigenvalue weighted by Crippen LogP contribution is 2.26. The Morgan fingerprint density at radius 2 is 2.13 bits per heavy atom. The number of amides is 1. The summed E-state index contributed by atoms with van der Waals surface area (Å²) < 4.78 is 4.97. The molecule has 0 aromatic rings. The molecule has 0 saturated heterocycles. The summed E-state index contributed by atoms with van der Waals surface area (Å²) in [6, 6.07) is 0. The van der Waals surface area contributed by atoms with Crippen molar-refractivity contribution in [2.24, 2.45) is 0 Å². The fourth-order valence-electron chi connectivity index (χ4n) is 1.78. The van der Waals surface area contributed by atoms with Gasteiger partial charge in [-0.3, -0.25) is 4.79 Å². The van der Waals surface area contributed by atoms with E-state index in [0.717, 1.165) is 31.4 Å². The number of hydrogen-bond donors (Lipinski definition) is 0. The lowest BCUT2D eigenvalue weighted by Gasteiger charge is -2.23. The van der Waals surface area contributed by atoms with Crippen LogP contribution in [0.5, 0.6) is 0 Å². The Bertz CT molecular complexity index is 284. The summed E-state index contributed by atoms with van der Waals surface area (Å²) in [7, 11) is 1.67. The standard InChI is InChI=1S/C11H17NO3/c1-3-15-11(14)9-6-4-5-7-10(9)12(2)8-13/h8H,3-7H2,1-2H3. The zero-order valence-electron chi connectivity index (χ0n) is 9.28. The minimum atomic E-state index is -0.277. The van der Waals surface area contributed by atoms with Crippen LogP contribution in [0, 0.1) is 0 Å². The topological polar surface area (TPSA) is 46.6 Å².